The van der Waals surface area contributed by atoms with E-state index < -0.39 is 0 Å². The summed E-state index contributed by atoms with van der Waals surface area (Å²) in [5, 5.41) is 3.19. The monoisotopic (exact) mass is 237 g/mol. The minimum absolute atomic E-state index is 0.639. The van der Waals surface area contributed by atoms with Crippen LogP contribution in [0.5, 0.6) is 0 Å². The molecular formula is C15H27NO. The van der Waals surface area contributed by atoms with Crippen LogP contribution in [0.15, 0.2) is 18.2 Å². The van der Waals surface area contributed by atoms with Crippen LogP contribution in [-0.2, 0) is 11.2 Å². The fourth-order valence-corrected chi connectivity index (χ4v) is 1.41. The standard InChI is InChI=1S/C10H15N.C3H6O.C2H6/c1-4-9-8(2)6-5-7-10(9)11-3;1-2-3-4;1-2/h5-7,11H,4H2,1-3H3;3H,2H2,1H3;1-2H3. The number of nitrogens with one attached hydrogen (secondary N) is 1. The number of aryl methyl sites for hydroxylation is 1. The van der Waals surface area contributed by atoms with Crippen molar-refractivity contribution in [3.63, 3.8) is 0 Å². The number of anilines is 1. The second-order valence-corrected chi connectivity index (χ2v) is 3.28. The largest absolute Gasteiger partial charge is 0.388 e. The third-order valence-corrected chi connectivity index (χ3v) is 2.20. The fraction of sp³-hybridized carbons (Fsp3) is 0.533. The lowest BCUT2D eigenvalue weighted by Crippen LogP contribution is -1.95. The molecule has 0 saturated heterocycles. The molecule has 98 valence electrons. The molecule has 0 heterocycles. The number of hydrogen-bond acceptors (Lipinski definition) is 2. The average Bonchev–Trinajstić information content (AvgIpc) is 2.41. The van der Waals surface area contributed by atoms with Crippen LogP contribution in [0.1, 0.15) is 45.2 Å². The fourth-order valence-electron chi connectivity index (χ4n) is 1.41. The van der Waals surface area contributed by atoms with Gasteiger partial charge >= 0.3 is 0 Å². The quantitative estimate of drug-likeness (QED) is 0.797. The molecule has 0 spiro atoms. The highest BCUT2D eigenvalue weighted by atomic mass is 16.1. The van der Waals surface area contributed by atoms with Gasteiger partial charge in [-0.15, -0.1) is 0 Å². The maximum Gasteiger partial charge on any atom is 0.119 e. The summed E-state index contributed by atoms with van der Waals surface area (Å²) in [6.45, 7) is 10.1. The van der Waals surface area contributed by atoms with E-state index in [0.29, 0.717) is 6.42 Å². The number of rotatable bonds is 3. The van der Waals surface area contributed by atoms with E-state index in [4.69, 9.17) is 0 Å². The Morgan fingerprint density at radius 2 is 1.76 bits per heavy atom. The van der Waals surface area contributed by atoms with Gasteiger partial charge in [0.05, 0.1) is 0 Å². The van der Waals surface area contributed by atoms with Crippen molar-refractivity contribution in [2.24, 2.45) is 0 Å². The van der Waals surface area contributed by atoms with Gasteiger partial charge in [-0.1, -0.05) is 39.8 Å². The van der Waals surface area contributed by atoms with Gasteiger partial charge in [-0.25, -0.2) is 0 Å². The first-order valence-corrected chi connectivity index (χ1v) is 6.41. The minimum Gasteiger partial charge on any atom is -0.388 e. The van der Waals surface area contributed by atoms with Gasteiger partial charge in [0.15, 0.2) is 0 Å². The number of carbonyl (C=O) groups excluding carboxylic acids is 1. The number of carbonyl (C=O) groups is 1. The summed E-state index contributed by atoms with van der Waals surface area (Å²) in [5.41, 5.74) is 4.06. The van der Waals surface area contributed by atoms with Crippen molar-refractivity contribution in [3.05, 3.63) is 29.3 Å². The average molecular weight is 237 g/mol. The van der Waals surface area contributed by atoms with E-state index in [-0.39, 0.29) is 0 Å². The molecule has 0 aromatic heterocycles. The van der Waals surface area contributed by atoms with E-state index in [0.717, 1.165) is 12.7 Å². The van der Waals surface area contributed by atoms with Crippen molar-refractivity contribution in [1.29, 1.82) is 0 Å². The Hall–Kier alpha value is -1.31. The van der Waals surface area contributed by atoms with Gasteiger partial charge in [-0.05, 0) is 30.5 Å². The van der Waals surface area contributed by atoms with Gasteiger partial charge in [0.1, 0.15) is 6.29 Å². The summed E-state index contributed by atoms with van der Waals surface area (Å²) in [7, 11) is 1.97. The molecule has 0 unspecified atom stereocenters. The molecule has 0 amide bonds. The van der Waals surface area contributed by atoms with Crippen molar-refractivity contribution in [2.75, 3.05) is 12.4 Å². The van der Waals surface area contributed by atoms with Crippen LogP contribution >= 0.6 is 0 Å². The van der Waals surface area contributed by atoms with Crippen LogP contribution in [0.25, 0.3) is 0 Å². The molecule has 1 rings (SSSR count). The molecule has 0 saturated carbocycles. The lowest BCUT2D eigenvalue weighted by molar-refractivity contribution is -0.107. The van der Waals surface area contributed by atoms with Crippen LogP contribution in [0.2, 0.25) is 0 Å². The van der Waals surface area contributed by atoms with E-state index >= 15 is 0 Å². The third-order valence-electron chi connectivity index (χ3n) is 2.20. The molecule has 0 radical (unpaired) electrons. The van der Waals surface area contributed by atoms with Crippen LogP contribution < -0.4 is 5.32 Å². The Bertz CT molecular complexity index is 295. The third kappa shape index (κ3) is 7.56. The van der Waals surface area contributed by atoms with Gasteiger partial charge in [-0.2, -0.15) is 0 Å². The molecule has 0 aliphatic rings. The van der Waals surface area contributed by atoms with Gasteiger partial charge in [-0.3, -0.25) is 0 Å². The summed E-state index contributed by atoms with van der Waals surface area (Å²) in [6.07, 6.45) is 2.61. The zero-order valence-corrected chi connectivity index (χ0v) is 12.1. The predicted molar refractivity (Wildman–Crippen MR) is 77.8 cm³/mol. The van der Waals surface area contributed by atoms with Crippen molar-refractivity contribution in [3.8, 4) is 0 Å². The lowest BCUT2D eigenvalue weighted by Gasteiger charge is -2.09. The molecular weight excluding hydrogens is 210 g/mol. The van der Waals surface area contributed by atoms with Crippen molar-refractivity contribution >= 4 is 12.0 Å². The van der Waals surface area contributed by atoms with E-state index in [1.165, 1.54) is 16.8 Å². The second kappa shape index (κ2) is 12.8. The SMILES string of the molecule is CC.CCC=O.CCc1c(C)cccc1NC. The molecule has 0 fully saturated rings. The molecule has 1 aromatic rings. The maximum atomic E-state index is 9.17. The molecule has 0 aliphatic carbocycles. The second-order valence-electron chi connectivity index (χ2n) is 3.28. The van der Waals surface area contributed by atoms with Crippen molar-refractivity contribution in [1.82, 2.24) is 0 Å². The molecule has 0 bridgehead atoms. The van der Waals surface area contributed by atoms with Gasteiger partial charge in [0.25, 0.3) is 0 Å². The van der Waals surface area contributed by atoms with E-state index in [1.54, 1.807) is 0 Å². The zero-order valence-electron chi connectivity index (χ0n) is 12.1. The lowest BCUT2D eigenvalue weighted by atomic mass is 10.0. The van der Waals surface area contributed by atoms with Crippen LogP contribution in [0.4, 0.5) is 5.69 Å². The van der Waals surface area contributed by atoms with E-state index in [2.05, 4.69) is 37.4 Å². The molecule has 17 heavy (non-hydrogen) atoms. The summed E-state index contributed by atoms with van der Waals surface area (Å²) in [5.74, 6) is 0. The predicted octanol–water partition coefficient (Wildman–Crippen LogP) is 4.22. The molecule has 1 N–H and O–H groups in total. The molecule has 0 atom stereocenters. The highest BCUT2D eigenvalue weighted by Crippen LogP contribution is 2.18. The Balaban J connectivity index is 0. The van der Waals surface area contributed by atoms with Crippen LogP contribution in [0, 0.1) is 6.92 Å². The Morgan fingerprint density at radius 1 is 1.24 bits per heavy atom. The summed E-state index contributed by atoms with van der Waals surface area (Å²) in [4.78, 5) is 9.17. The molecule has 2 nitrogen and oxygen atoms in total. The molecule has 2 heteroatoms. The highest BCUT2D eigenvalue weighted by molar-refractivity contribution is 5.53. The highest BCUT2D eigenvalue weighted by Gasteiger charge is 1.99. The van der Waals surface area contributed by atoms with Gasteiger partial charge in [0.2, 0.25) is 0 Å². The van der Waals surface area contributed by atoms with E-state index in [9.17, 15) is 4.79 Å². The normalized spacial score (nSPS) is 8.12. The summed E-state index contributed by atoms with van der Waals surface area (Å²) in [6, 6.07) is 6.35. The topological polar surface area (TPSA) is 29.1 Å². The first-order chi connectivity index (χ1) is 8.21. The van der Waals surface area contributed by atoms with Gasteiger partial charge in [0, 0.05) is 19.2 Å². The summed E-state index contributed by atoms with van der Waals surface area (Å²) >= 11 is 0. The van der Waals surface area contributed by atoms with Crippen molar-refractivity contribution in [2.45, 2.75) is 47.5 Å². The Labute approximate surface area is 106 Å². The maximum absolute atomic E-state index is 9.17. The first kappa shape index (κ1) is 18.1. The van der Waals surface area contributed by atoms with Crippen LogP contribution in [0.3, 0.4) is 0 Å². The number of hydrogen-bond donors (Lipinski definition) is 1. The first-order valence-electron chi connectivity index (χ1n) is 6.41. The van der Waals surface area contributed by atoms with Crippen LogP contribution in [-0.4, -0.2) is 13.3 Å². The van der Waals surface area contributed by atoms with Crippen molar-refractivity contribution < 1.29 is 4.79 Å². The van der Waals surface area contributed by atoms with Gasteiger partial charge < -0.3 is 10.1 Å². The Morgan fingerprint density at radius 3 is 2.06 bits per heavy atom. The number of benzene rings is 1. The Kier molecular flexibility index (Phi) is 13.6. The zero-order chi connectivity index (χ0) is 13.7. The minimum atomic E-state index is 0.639. The van der Waals surface area contributed by atoms with E-state index in [1.807, 2.05) is 27.8 Å². The molecule has 0 aliphatic heterocycles. The smallest absolute Gasteiger partial charge is 0.119 e. The number of aldehydes is 1. The summed E-state index contributed by atoms with van der Waals surface area (Å²) < 4.78 is 0. The molecule has 1 aromatic carbocycles.